The van der Waals surface area contributed by atoms with Crippen LogP contribution in [-0.4, -0.2) is 40.1 Å². The van der Waals surface area contributed by atoms with Gasteiger partial charge in [-0.2, -0.15) is 0 Å². The molecule has 0 radical (unpaired) electrons. The number of ether oxygens (including phenoxy) is 2. The van der Waals surface area contributed by atoms with Gasteiger partial charge in [0.15, 0.2) is 0 Å². The van der Waals surface area contributed by atoms with Gasteiger partial charge in [-0.05, 0) is 12.3 Å². The Hall–Kier alpha value is -0.160. The van der Waals surface area contributed by atoms with Crippen molar-refractivity contribution in [2.45, 2.75) is 20.3 Å². The fourth-order valence-electron chi connectivity index (χ4n) is 0.788. The lowest BCUT2D eigenvalue weighted by molar-refractivity contribution is 0.0153. The van der Waals surface area contributed by atoms with Gasteiger partial charge < -0.3 is 14.3 Å². The number of hydrogen-bond acceptors (Lipinski definition) is 4. The van der Waals surface area contributed by atoms with E-state index >= 15 is 0 Å². The molecule has 0 spiro atoms. The minimum atomic E-state index is 0.570. The van der Waals surface area contributed by atoms with Gasteiger partial charge in [0.2, 0.25) is 0 Å². The Morgan fingerprint density at radius 2 is 1.93 bits per heavy atom. The van der Waals surface area contributed by atoms with Crippen molar-refractivity contribution >= 4 is 0 Å². The maximum Gasteiger partial charge on any atom is 0.0705 e. The Morgan fingerprint density at radius 1 is 1.14 bits per heavy atom. The average molecular weight is 205 g/mol. The first kappa shape index (κ1) is 13.8. The van der Waals surface area contributed by atoms with Gasteiger partial charge in [-0.1, -0.05) is 13.8 Å². The van der Waals surface area contributed by atoms with Crippen molar-refractivity contribution in [1.29, 1.82) is 0 Å². The van der Waals surface area contributed by atoms with Gasteiger partial charge in [-0.3, -0.25) is 0 Å². The summed E-state index contributed by atoms with van der Waals surface area (Å²) in [5, 5.41) is 0. The van der Waals surface area contributed by atoms with E-state index in [1.165, 1.54) is 0 Å². The van der Waals surface area contributed by atoms with Crippen LogP contribution in [0.2, 0.25) is 0 Å². The van der Waals surface area contributed by atoms with Crippen LogP contribution in [0.1, 0.15) is 20.3 Å². The number of rotatable bonds is 10. The molecule has 0 saturated carbocycles. The quantitative estimate of drug-likeness (QED) is 0.430. The van der Waals surface area contributed by atoms with Crippen LogP contribution in [-0.2, 0) is 14.3 Å². The summed E-state index contributed by atoms with van der Waals surface area (Å²) < 4.78 is 10.1. The van der Waals surface area contributed by atoms with Gasteiger partial charge in [-0.15, -0.1) is 0 Å². The lowest BCUT2D eigenvalue weighted by Crippen LogP contribution is -2.20. The number of hydroxylamine groups is 1. The molecular formula is C10H23NO3. The zero-order valence-corrected chi connectivity index (χ0v) is 9.54. The summed E-state index contributed by atoms with van der Waals surface area (Å²) in [6, 6.07) is 0. The molecule has 0 fully saturated rings. The number of methoxy groups -OCH3 is 1. The lowest BCUT2D eigenvalue weighted by atomic mass is 10.2. The van der Waals surface area contributed by atoms with Gasteiger partial charge in [0, 0.05) is 20.3 Å². The third kappa shape index (κ3) is 11.8. The highest BCUT2D eigenvalue weighted by Crippen LogP contribution is 1.89. The topological polar surface area (TPSA) is 39.7 Å². The Morgan fingerprint density at radius 3 is 2.57 bits per heavy atom. The minimum Gasteiger partial charge on any atom is -0.382 e. The first-order chi connectivity index (χ1) is 6.77. The van der Waals surface area contributed by atoms with E-state index in [0.717, 1.165) is 26.2 Å². The number of hydrogen-bond donors (Lipinski definition) is 1. The van der Waals surface area contributed by atoms with Crippen LogP contribution < -0.4 is 5.48 Å². The monoisotopic (exact) mass is 205 g/mol. The average Bonchev–Trinajstić information content (AvgIpc) is 2.15. The molecule has 0 bridgehead atoms. The van der Waals surface area contributed by atoms with Gasteiger partial charge >= 0.3 is 0 Å². The van der Waals surface area contributed by atoms with Crippen LogP contribution in [0.15, 0.2) is 0 Å². The van der Waals surface area contributed by atoms with Crippen molar-refractivity contribution in [3.63, 3.8) is 0 Å². The summed E-state index contributed by atoms with van der Waals surface area (Å²) >= 11 is 0. The molecule has 1 N–H and O–H groups in total. The molecule has 0 atom stereocenters. The molecule has 14 heavy (non-hydrogen) atoms. The number of nitrogens with one attached hydrogen (secondary N) is 1. The van der Waals surface area contributed by atoms with Crippen molar-refractivity contribution in [3.05, 3.63) is 0 Å². The van der Waals surface area contributed by atoms with E-state index < -0.39 is 0 Å². The predicted molar refractivity (Wildman–Crippen MR) is 56.1 cm³/mol. The molecule has 0 saturated heterocycles. The Labute approximate surface area is 86.9 Å². The van der Waals surface area contributed by atoms with Crippen molar-refractivity contribution < 1.29 is 14.3 Å². The Balaban J connectivity index is 2.85. The second-order valence-electron chi connectivity index (χ2n) is 3.56. The molecule has 4 nitrogen and oxygen atoms in total. The van der Waals surface area contributed by atoms with E-state index in [0.29, 0.717) is 19.1 Å². The molecular weight excluding hydrogens is 182 g/mol. The van der Waals surface area contributed by atoms with E-state index in [1.807, 2.05) is 0 Å². The molecule has 0 unspecified atom stereocenters. The third-order valence-electron chi connectivity index (χ3n) is 1.52. The molecule has 0 aliphatic heterocycles. The van der Waals surface area contributed by atoms with Crippen LogP contribution in [0.5, 0.6) is 0 Å². The van der Waals surface area contributed by atoms with E-state index in [9.17, 15) is 0 Å². The zero-order valence-electron chi connectivity index (χ0n) is 9.54. The molecule has 0 heterocycles. The highest BCUT2D eigenvalue weighted by molar-refractivity contribution is 4.40. The fraction of sp³-hybridized carbons (Fsp3) is 1.00. The molecule has 86 valence electrons. The normalized spacial score (nSPS) is 11.1. The summed E-state index contributed by atoms with van der Waals surface area (Å²) in [6.45, 7) is 7.91. The summed E-state index contributed by atoms with van der Waals surface area (Å²) in [5.41, 5.74) is 2.90. The van der Waals surface area contributed by atoms with Crippen LogP contribution in [0.4, 0.5) is 0 Å². The molecule has 0 aliphatic carbocycles. The molecule has 0 aromatic heterocycles. The van der Waals surface area contributed by atoms with Crippen molar-refractivity contribution in [1.82, 2.24) is 5.48 Å². The summed E-state index contributed by atoms with van der Waals surface area (Å²) in [5.74, 6) is 0.570. The maximum atomic E-state index is 5.28. The van der Waals surface area contributed by atoms with Gasteiger partial charge in [0.1, 0.15) is 0 Å². The second kappa shape index (κ2) is 10.9. The smallest absolute Gasteiger partial charge is 0.0705 e. The first-order valence-electron chi connectivity index (χ1n) is 5.18. The van der Waals surface area contributed by atoms with E-state index in [-0.39, 0.29) is 0 Å². The Kier molecular flexibility index (Phi) is 10.8. The largest absolute Gasteiger partial charge is 0.382 e. The van der Waals surface area contributed by atoms with Crippen molar-refractivity contribution in [3.8, 4) is 0 Å². The molecule has 0 aromatic carbocycles. The van der Waals surface area contributed by atoms with Crippen LogP contribution in [0.25, 0.3) is 0 Å². The molecule has 0 rings (SSSR count). The molecule has 0 amide bonds. The standard InChI is InChI=1S/C10H23NO3/c1-10(2)9-14-11-5-4-6-13-8-7-12-3/h10-11H,4-9H2,1-3H3. The van der Waals surface area contributed by atoms with Gasteiger partial charge in [0.05, 0.1) is 19.8 Å². The zero-order chi connectivity index (χ0) is 10.6. The van der Waals surface area contributed by atoms with Crippen LogP contribution in [0.3, 0.4) is 0 Å². The fourth-order valence-corrected chi connectivity index (χ4v) is 0.788. The SMILES string of the molecule is COCCOCCCNOCC(C)C. The lowest BCUT2D eigenvalue weighted by Gasteiger charge is -2.07. The summed E-state index contributed by atoms with van der Waals surface area (Å²) in [4.78, 5) is 5.19. The van der Waals surface area contributed by atoms with Crippen LogP contribution >= 0.6 is 0 Å². The third-order valence-corrected chi connectivity index (χ3v) is 1.52. The van der Waals surface area contributed by atoms with E-state index in [2.05, 4.69) is 19.3 Å². The van der Waals surface area contributed by atoms with E-state index in [4.69, 9.17) is 14.3 Å². The molecule has 0 aliphatic rings. The van der Waals surface area contributed by atoms with Crippen molar-refractivity contribution in [2.24, 2.45) is 5.92 Å². The van der Waals surface area contributed by atoms with Crippen LogP contribution in [0, 0.1) is 5.92 Å². The summed E-state index contributed by atoms with van der Waals surface area (Å²) in [7, 11) is 1.67. The van der Waals surface area contributed by atoms with E-state index in [1.54, 1.807) is 7.11 Å². The van der Waals surface area contributed by atoms with Gasteiger partial charge in [0.25, 0.3) is 0 Å². The van der Waals surface area contributed by atoms with Crippen molar-refractivity contribution in [2.75, 3.05) is 40.1 Å². The molecule has 4 heteroatoms. The maximum absolute atomic E-state index is 5.28. The van der Waals surface area contributed by atoms with Gasteiger partial charge in [-0.25, -0.2) is 5.48 Å². The highest BCUT2D eigenvalue weighted by Gasteiger charge is 1.93. The minimum absolute atomic E-state index is 0.570. The second-order valence-corrected chi connectivity index (χ2v) is 3.56. The Bertz CT molecular complexity index is 110. The summed E-state index contributed by atoms with van der Waals surface area (Å²) in [6.07, 6.45) is 0.960. The first-order valence-corrected chi connectivity index (χ1v) is 5.18. The highest BCUT2D eigenvalue weighted by atomic mass is 16.6. The molecule has 0 aromatic rings. The predicted octanol–water partition coefficient (Wildman–Crippen LogP) is 1.22.